The van der Waals surface area contributed by atoms with Crippen molar-refractivity contribution < 1.29 is 14.5 Å². The van der Waals surface area contributed by atoms with Crippen LogP contribution in [0.3, 0.4) is 0 Å². The molecule has 0 atom stereocenters. The largest absolute Gasteiger partial charge is 0.450 e. The fourth-order valence-electron chi connectivity index (χ4n) is 3.26. The predicted molar refractivity (Wildman–Crippen MR) is 109 cm³/mol. The van der Waals surface area contributed by atoms with E-state index in [9.17, 15) is 14.9 Å². The van der Waals surface area contributed by atoms with Gasteiger partial charge in [-0.3, -0.25) is 10.1 Å². The van der Waals surface area contributed by atoms with Gasteiger partial charge in [-0.1, -0.05) is 17.7 Å². The van der Waals surface area contributed by atoms with Crippen LogP contribution >= 0.6 is 0 Å². The van der Waals surface area contributed by atoms with Crippen LogP contribution in [0.1, 0.15) is 18.1 Å². The van der Waals surface area contributed by atoms with Crippen LogP contribution < -0.4 is 10.2 Å². The molecule has 29 heavy (non-hydrogen) atoms. The number of aromatic nitrogens is 2. The number of nitrogens with zero attached hydrogens (tertiary/aromatic N) is 5. The normalized spacial score (nSPS) is 13.9. The number of nitrogens with one attached hydrogen (secondary N) is 1. The zero-order valence-electron chi connectivity index (χ0n) is 16.7. The summed E-state index contributed by atoms with van der Waals surface area (Å²) in [4.78, 5) is 34.9. The molecule has 0 spiro atoms. The summed E-state index contributed by atoms with van der Waals surface area (Å²) in [5.41, 5.74) is 2.63. The van der Waals surface area contributed by atoms with Gasteiger partial charge in [-0.2, -0.15) is 0 Å². The highest BCUT2D eigenvalue weighted by Gasteiger charge is 2.30. The highest BCUT2D eigenvalue weighted by atomic mass is 16.6. The minimum atomic E-state index is -0.473. The summed E-state index contributed by atoms with van der Waals surface area (Å²) >= 11 is 0. The van der Waals surface area contributed by atoms with Gasteiger partial charge in [0.15, 0.2) is 0 Å². The van der Waals surface area contributed by atoms with Gasteiger partial charge in [0.25, 0.3) is 0 Å². The minimum absolute atomic E-state index is 0.139. The molecule has 0 bridgehead atoms. The van der Waals surface area contributed by atoms with Gasteiger partial charge in [-0.25, -0.2) is 14.8 Å². The Morgan fingerprint density at radius 2 is 1.97 bits per heavy atom. The maximum absolute atomic E-state index is 11.9. The number of anilines is 3. The fourth-order valence-corrected chi connectivity index (χ4v) is 3.26. The minimum Gasteiger partial charge on any atom is -0.450 e. The fraction of sp³-hybridized carbons (Fsp3) is 0.421. The molecule has 1 aliphatic heterocycles. The van der Waals surface area contributed by atoms with Crippen LogP contribution in [0.15, 0.2) is 24.5 Å². The van der Waals surface area contributed by atoms with Crippen molar-refractivity contribution in [1.29, 1.82) is 0 Å². The van der Waals surface area contributed by atoms with E-state index in [1.54, 1.807) is 16.7 Å². The summed E-state index contributed by atoms with van der Waals surface area (Å²) in [6.07, 6.45) is 0.938. The maximum atomic E-state index is 11.9. The monoisotopic (exact) mass is 400 g/mol. The van der Waals surface area contributed by atoms with Crippen molar-refractivity contribution in [2.75, 3.05) is 43.0 Å². The Kier molecular flexibility index (Phi) is 6.10. The first kappa shape index (κ1) is 20.3. The summed E-state index contributed by atoms with van der Waals surface area (Å²) in [7, 11) is 0. The molecule has 1 saturated heterocycles. The van der Waals surface area contributed by atoms with Crippen molar-refractivity contribution in [3.05, 3.63) is 45.8 Å². The number of ether oxygens (including phenoxy) is 1. The molecule has 1 aromatic carbocycles. The molecule has 1 aliphatic rings. The summed E-state index contributed by atoms with van der Waals surface area (Å²) in [6.45, 7) is 7.61. The van der Waals surface area contributed by atoms with E-state index in [1.165, 1.54) is 6.33 Å². The number of piperazine rings is 1. The maximum Gasteiger partial charge on any atom is 0.409 e. The number of rotatable bonds is 5. The summed E-state index contributed by atoms with van der Waals surface area (Å²) < 4.78 is 5.01. The molecule has 3 rings (SSSR count). The Morgan fingerprint density at radius 3 is 2.59 bits per heavy atom. The second-order valence-corrected chi connectivity index (χ2v) is 6.77. The lowest BCUT2D eigenvalue weighted by molar-refractivity contribution is -0.383. The van der Waals surface area contributed by atoms with E-state index in [2.05, 4.69) is 15.3 Å². The molecule has 0 unspecified atom stereocenters. The SMILES string of the molecule is CCOC(=O)N1CCN(c2ncnc(Nc3ccc(C)cc3C)c2[N+](=O)[O-])CC1. The van der Waals surface area contributed by atoms with E-state index in [4.69, 9.17) is 4.74 Å². The molecule has 1 N–H and O–H groups in total. The van der Waals surface area contributed by atoms with Crippen molar-refractivity contribution in [2.45, 2.75) is 20.8 Å². The average Bonchev–Trinajstić information content (AvgIpc) is 2.70. The Morgan fingerprint density at radius 1 is 1.24 bits per heavy atom. The number of benzene rings is 1. The summed E-state index contributed by atoms with van der Waals surface area (Å²) in [5.74, 6) is 0.376. The Labute approximate surface area is 168 Å². The third-order valence-corrected chi connectivity index (χ3v) is 4.73. The highest BCUT2D eigenvalue weighted by molar-refractivity contribution is 5.76. The smallest absolute Gasteiger partial charge is 0.409 e. The second-order valence-electron chi connectivity index (χ2n) is 6.77. The third-order valence-electron chi connectivity index (χ3n) is 4.73. The lowest BCUT2D eigenvalue weighted by Crippen LogP contribution is -2.49. The van der Waals surface area contributed by atoms with Gasteiger partial charge in [-0.05, 0) is 32.4 Å². The van der Waals surface area contributed by atoms with Crippen LogP contribution in [0.5, 0.6) is 0 Å². The second kappa shape index (κ2) is 8.72. The first-order valence-electron chi connectivity index (χ1n) is 9.41. The van der Waals surface area contributed by atoms with Gasteiger partial charge in [0, 0.05) is 31.9 Å². The molecule has 0 saturated carbocycles. The van der Waals surface area contributed by atoms with Crippen molar-refractivity contribution >= 4 is 29.1 Å². The van der Waals surface area contributed by atoms with Crippen LogP contribution in [-0.4, -0.2) is 58.7 Å². The zero-order valence-corrected chi connectivity index (χ0v) is 16.7. The predicted octanol–water partition coefficient (Wildman–Crippen LogP) is 3.02. The molecular formula is C19H24N6O4. The van der Waals surface area contributed by atoms with Crippen molar-refractivity contribution in [3.8, 4) is 0 Å². The first-order chi connectivity index (χ1) is 13.9. The molecular weight excluding hydrogens is 376 g/mol. The molecule has 10 heteroatoms. The van der Waals surface area contributed by atoms with E-state index in [0.29, 0.717) is 32.8 Å². The number of nitro groups is 1. The highest BCUT2D eigenvalue weighted by Crippen LogP contribution is 2.34. The molecule has 2 aromatic rings. The van der Waals surface area contributed by atoms with Gasteiger partial charge < -0.3 is 19.9 Å². The molecule has 0 aliphatic carbocycles. The van der Waals surface area contributed by atoms with Crippen LogP contribution in [0, 0.1) is 24.0 Å². The van der Waals surface area contributed by atoms with E-state index in [-0.39, 0.29) is 23.4 Å². The Bertz CT molecular complexity index is 912. The number of amides is 1. The number of carbonyl (C=O) groups excluding carboxylic acids is 1. The Balaban J connectivity index is 1.84. The third kappa shape index (κ3) is 4.53. The lowest BCUT2D eigenvalue weighted by Gasteiger charge is -2.34. The standard InChI is InChI=1S/C19H24N6O4/c1-4-29-19(26)24-9-7-23(8-10-24)18-16(25(27)28)17(20-12-21-18)22-15-6-5-13(2)11-14(15)3/h5-6,11-12H,4,7-10H2,1-3H3,(H,20,21,22). The molecule has 10 nitrogen and oxygen atoms in total. The number of carbonyl (C=O) groups is 1. The Hall–Kier alpha value is -3.43. The van der Waals surface area contributed by atoms with Crippen molar-refractivity contribution in [1.82, 2.24) is 14.9 Å². The zero-order chi connectivity index (χ0) is 21.0. The van der Waals surface area contributed by atoms with Gasteiger partial charge in [-0.15, -0.1) is 0 Å². The van der Waals surface area contributed by atoms with Crippen LogP contribution in [0.2, 0.25) is 0 Å². The van der Waals surface area contributed by atoms with Gasteiger partial charge in [0.2, 0.25) is 11.6 Å². The van der Waals surface area contributed by atoms with Crippen LogP contribution in [0.4, 0.5) is 27.8 Å². The number of aryl methyl sites for hydroxylation is 2. The van der Waals surface area contributed by atoms with E-state index in [1.807, 2.05) is 32.0 Å². The van der Waals surface area contributed by atoms with E-state index in [0.717, 1.165) is 16.8 Å². The molecule has 1 fully saturated rings. The van der Waals surface area contributed by atoms with E-state index >= 15 is 0 Å². The number of hydrogen-bond donors (Lipinski definition) is 1. The molecule has 1 amide bonds. The molecule has 154 valence electrons. The van der Waals surface area contributed by atoms with Crippen LogP contribution in [0.25, 0.3) is 0 Å². The lowest BCUT2D eigenvalue weighted by atomic mass is 10.1. The van der Waals surface area contributed by atoms with E-state index < -0.39 is 4.92 Å². The van der Waals surface area contributed by atoms with Crippen LogP contribution in [-0.2, 0) is 4.74 Å². The number of hydrogen-bond acceptors (Lipinski definition) is 8. The van der Waals surface area contributed by atoms with Gasteiger partial charge in [0.1, 0.15) is 6.33 Å². The molecule has 0 radical (unpaired) electrons. The van der Waals surface area contributed by atoms with Gasteiger partial charge >= 0.3 is 11.8 Å². The van der Waals surface area contributed by atoms with Crippen molar-refractivity contribution in [2.24, 2.45) is 0 Å². The van der Waals surface area contributed by atoms with Crippen molar-refractivity contribution in [3.63, 3.8) is 0 Å². The van der Waals surface area contributed by atoms with Gasteiger partial charge in [0.05, 0.1) is 11.5 Å². The summed E-state index contributed by atoms with van der Waals surface area (Å²) in [5, 5.41) is 14.9. The average molecular weight is 400 g/mol. The topological polar surface area (TPSA) is 114 Å². The quantitative estimate of drug-likeness (QED) is 0.602. The molecule has 2 heterocycles. The first-order valence-corrected chi connectivity index (χ1v) is 9.41. The summed E-state index contributed by atoms with van der Waals surface area (Å²) in [6, 6.07) is 5.79. The molecule has 1 aromatic heterocycles.